The van der Waals surface area contributed by atoms with Crippen molar-refractivity contribution in [2.24, 2.45) is 4.99 Å². The second-order valence-corrected chi connectivity index (χ2v) is 8.10. The maximum atomic E-state index is 11.8. The molecule has 8 heteroatoms. The van der Waals surface area contributed by atoms with Gasteiger partial charge >= 0.3 is 0 Å². The Hall–Kier alpha value is -2.49. The number of nitrogens with one attached hydrogen (secondary N) is 3. The van der Waals surface area contributed by atoms with Crippen LogP contribution in [-0.4, -0.2) is 45.3 Å². The molecule has 0 atom stereocenters. The van der Waals surface area contributed by atoms with Crippen molar-refractivity contribution in [2.45, 2.75) is 32.6 Å². The van der Waals surface area contributed by atoms with Gasteiger partial charge in [-0.05, 0) is 48.7 Å². The third-order valence-corrected chi connectivity index (χ3v) is 5.25. The van der Waals surface area contributed by atoms with Crippen LogP contribution < -0.4 is 25.4 Å². The SMILES string of the molecule is CCNC(=NCC(C)(C)c1ccc2c(c1)OCO2)NCCc1cccc(C(=O)NC)c1.I. The van der Waals surface area contributed by atoms with Gasteiger partial charge in [-0.15, -0.1) is 24.0 Å². The standard InChI is InChI=1S/C24H32N4O3.HI/c1-5-26-23(27-12-11-17-7-6-8-18(13-17)22(29)25-4)28-15-24(2,3)19-9-10-20-21(14-19)31-16-30-20;/h6-10,13-14H,5,11-12,15-16H2,1-4H3,(H,25,29)(H2,26,27,28);1H. The first kappa shape index (κ1) is 25.8. The summed E-state index contributed by atoms with van der Waals surface area (Å²) in [6, 6.07) is 13.8. The number of rotatable bonds is 8. The first-order chi connectivity index (χ1) is 14.9. The summed E-state index contributed by atoms with van der Waals surface area (Å²) in [7, 11) is 1.64. The molecule has 0 aromatic heterocycles. The van der Waals surface area contributed by atoms with E-state index in [-0.39, 0.29) is 42.1 Å². The van der Waals surface area contributed by atoms with Gasteiger partial charge in [-0.2, -0.15) is 0 Å². The highest BCUT2D eigenvalue weighted by atomic mass is 127. The number of nitrogens with zero attached hydrogens (tertiary/aromatic N) is 1. The lowest BCUT2D eigenvalue weighted by Gasteiger charge is -2.24. The van der Waals surface area contributed by atoms with Gasteiger partial charge in [0.05, 0.1) is 6.54 Å². The van der Waals surface area contributed by atoms with Crippen molar-refractivity contribution in [3.8, 4) is 11.5 Å². The second-order valence-electron chi connectivity index (χ2n) is 8.10. The lowest BCUT2D eigenvalue weighted by Crippen LogP contribution is -2.39. The molecule has 3 rings (SSSR count). The van der Waals surface area contributed by atoms with Crippen LogP contribution in [-0.2, 0) is 11.8 Å². The zero-order valence-electron chi connectivity index (χ0n) is 19.2. The summed E-state index contributed by atoms with van der Waals surface area (Å²) in [5.41, 5.74) is 2.77. The van der Waals surface area contributed by atoms with E-state index in [0.717, 1.165) is 41.6 Å². The van der Waals surface area contributed by atoms with Crippen LogP contribution in [0, 0.1) is 0 Å². The van der Waals surface area contributed by atoms with Crippen LogP contribution in [0.4, 0.5) is 0 Å². The summed E-state index contributed by atoms with van der Waals surface area (Å²) in [4.78, 5) is 16.6. The molecule has 7 nitrogen and oxygen atoms in total. The highest BCUT2D eigenvalue weighted by Crippen LogP contribution is 2.36. The molecule has 0 fully saturated rings. The minimum atomic E-state index is -0.162. The van der Waals surface area contributed by atoms with E-state index in [0.29, 0.717) is 18.7 Å². The van der Waals surface area contributed by atoms with E-state index in [2.05, 4.69) is 35.9 Å². The van der Waals surface area contributed by atoms with Crippen molar-refractivity contribution in [1.82, 2.24) is 16.0 Å². The Bertz CT molecular complexity index is 947. The summed E-state index contributed by atoms with van der Waals surface area (Å²) < 4.78 is 10.9. The van der Waals surface area contributed by atoms with Gasteiger partial charge in [0.15, 0.2) is 17.5 Å². The van der Waals surface area contributed by atoms with Crippen molar-refractivity contribution in [1.29, 1.82) is 0 Å². The van der Waals surface area contributed by atoms with Gasteiger partial charge in [-0.25, -0.2) is 0 Å². The van der Waals surface area contributed by atoms with E-state index < -0.39 is 0 Å². The lowest BCUT2D eigenvalue weighted by atomic mass is 9.84. The third kappa shape index (κ3) is 6.75. The predicted octanol–water partition coefficient (Wildman–Crippen LogP) is 3.47. The van der Waals surface area contributed by atoms with Gasteiger partial charge < -0.3 is 25.4 Å². The Morgan fingerprint density at radius 3 is 2.62 bits per heavy atom. The molecule has 1 aliphatic heterocycles. The topological polar surface area (TPSA) is 84.0 Å². The fourth-order valence-corrected chi connectivity index (χ4v) is 3.36. The number of hydrogen-bond acceptors (Lipinski definition) is 4. The number of hydrogen-bond donors (Lipinski definition) is 3. The average Bonchev–Trinajstić information content (AvgIpc) is 3.25. The minimum Gasteiger partial charge on any atom is -0.454 e. The Morgan fingerprint density at radius 2 is 1.88 bits per heavy atom. The normalized spacial score (nSPS) is 12.7. The second kappa shape index (κ2) is 11.9. The molecule has 0 spiro atoms. The fraction of sp³-hybridized carbons (Fsp3) is 0.417. The van der Waals surface area contributed by atoms with Crippen LogP contribution in [0.3, 0.4) is 0 Å². The van der Waals surface area contributed by atoms with Gasteiger partial charge in [0.25, 0.3) is 5.91 Å². The van der Waals surface area contributed by atoms with E-state index in [4.69, 9.17) is 14.5 Å². The van der Waals surface area contributed by atoms with Crippen molar-refractivity contribution < 1.29 is 14.3 Å². The Morgan fingerprint density at radius 1 is 1.09 bits per heavy atom. The molecule has 2 aromatic rings. The van der Waals surface area contributed by atoms with Crippen LogP contribution in [0.25, 0.3) is 0 Å². The number of carbonyl (C=O) groups excluding carboxylic acids is 1. The van der Waals surface area contributed by atoms with Crippen LogP contribution in [0.5, 0.6) is 11.5 Å². The highest BCUT2D eigenvalue weighted by Gasteiger charge is 2.24. The summed E-state index contributed by atoms with van der Waals surface area (Å²) in [5.74, 6) is 2.28. The summed E-state index contributed by atoms with van der Waals surface area (Å²) >= 11 is 0. The Balaban J connectivity index is 0.00000363. The number of guanidine groups is 1. The lowest BCUT2D eigenvalue weighted by molar-refractivity contribution is 0.0963. The predicted molar refractivity (Wildman–Crippen MR) is 139 cm³/mol. The molecule has 174 valence electrons. The first-order valence-electron chi connectivity index (χ1n) is 10.7. The molecule has 32 heavy (non-hydrogen) atoms. The molecular weight excluding hydrogens is 519 g/mol. The van der Waals surface area contributed by atoms with Crippen LogP contribution >= 0.6 is 24.0 Å². The Labute approximate surface area is 207 Å². The molecule has 0 unspecified atom stereocenters. The van der Waals surface area contributed by atoms with E-state index in [1.807, 2.05) is 43.3 Å². The van der Waals surface area contributed by atoms with Crippen LogP contribution in [0.2, 0.25) is 0 Å². The molecular formula is C24H33IN4O3. The molecule has 0 radical (unpaired) electrons. The Kier molecular flexibility index (Phi) is 9.61. The molecule has 1 heterocycles. The van der Waals surface area contributed by atoms with E-state index in [9.17, 15) is 4.79 Å². The maximum absolute atomic E-state index is 11.8. The van der Waals surface area contributed by atoms with Crippen LogP contribution in [0.15, 0.2) is 47.5 Å². The number of amides is 1. The summed E-state index contributed by atoms with van der Waals surface area (Å²) in [6.07, 6.45) is 0.792. The zero-order chi connectivity index (χ0) is 22.3. The number of ether oxygens (including phenoxy) is 2. The quantitative estimate of drug-likeness (QED) is 0.266. The highest BCUT2D eigenvalue weighted by molar-refractivity contribution is 14.0. The molecule has 2 aromatic carbocycles. The molecule has 0 saturated carbocycles. The molecule has 1 amide bonds. The van der Waals surface area contributed by atoms with E-state index >= 15 is 0 Å². The van der Waals surface area contributed by atoms with Gasteiger partial charge in [0.1, 0.15) is 0 Å². The maximum Gasteiger partial charge on any atom is 0.251 e. The van der Waals surface area contributed by atoms with E-state index in [1.54, 1.807) is 7.05 Å². The van der Waals surface area contributed by atoms with Crippen molar-refractivity contribution in [3.05, 3.63) is 59.2 Å². The van der Waals surface area contributed by atoms with Gasteiger partial charge in [-0.1, -0.05) is 32.0 Å². The number of halogens is 1. The number of aliphatic imine (C=N–C) groups is 1. The third-order valence-electron chi connectivity index (χ3n) is 5.25. The summed E-state index contributed by atoms with van der Waals surface area (Å²) in [6.45, 7) is 8.78. The number of fused-ring (bicyclic) bond motifs is 1. The van der Waals surface area contributed by atoms with Gasteiger partial charge in [0, 0.05) is 31.1 Å². The fourth-order valence-electron chi connectivity index (χ4n) is 3.36. The zero-order valence-corrected chi connectivity index (χ0v) is 21.5. The van der Waals surface area contributed by atoms with Gasteiger partial charge in [-0.3, -0.25) is 9.79 Å². The molecule has 0 aliphatic carbocycles. The number of carbonyl (C=O) groups is 1. The monoisotopic (exact) mass is 552 g/mol. The summed E-state index contributed by atoms with van der Waals surface area (Å²) in [5, 5.41) is 9.35. The van der Waals surface area contributed by atoms with Crippen LogP contribution in [0.1, 0.15) is 42.3 Å². The minimum absolute atomic E-state index is 0. The van der Waals surface area contributed by atoms with E-state index in [1.165, 1.54) is 0 Å². The van der Waals surface area contributed by atoms with Crippen molar-refractivity contribution in [3.63, 3.8) is 0 Å². The molecule has 0 bridgehead atoms. The largest absolute Gasteiger partial charge is 0.454 e. The first-order valence-corrected chi connectivity index (χ1v) is 10.7. The smallest absolute Gasteiger partial charge is 0.251 e. The molecule has 3 N–H and O–H groups in total. The van der Waals surface area contributed by atoms with Gasteiger partial charge in [0.2, 0.25) is 6.79 Å². The van der Waals surface area contributed by atoms with Crippen molar-refractivity contribution in [2.75, 3.05) is 33.5 Å². The average molecular weight is 552 g/mol. The molecule has 1 aliphatic rings. The number of benzene rings is 2. The molecule has 0 saturated heterocycles. The van der Waals surface area contributed by atoms with Crippen molar-refractivity contribution >= 4 is 35.8 Å².